The summed E-state index contributed by atoms with van der Waals surface area (Å²) in [5, 5.41) is 8.13. The first kappa shape index (κ1) is 17.1. The molecule has 7 heteroatoms. The zero-order valence-corrected chi connectivity index (χ0v) is 13.3. The van der Waals surface area contributed by atoms with E-state index in [0.29, 0.717) is 24.3 Å². The van der Waals surface area contributed by atoms with Crippen molar-refractivity contribution in [2.24, 2.45) is 0 Å². The number of carbonyl (C=O) groups excluding carboxylic acids is 2. The molecule has 0 aliphatic carbocycles. The fourth-order valence-corrected chi connectivity index (χ4v) is 2.59. The average Bonchev–Trinajstić information content (AvgIpc) is 2.72. The highest BCUT2D eigenvalue weighted by Crippen LogP contribution is 2.25. The zero-order chi connectivity index (χ0) is 16.8. The molecule has 3 amide bonds. The Balaban J connectivity index is 1.99. The van der Waals surface area contributed by atoms with Gasteiger partial charge in [0, 0.05) is 12.1 Å². The van der Waals surface area contributed by atoms with E-state index in [9.17, 15) is 14.0 Å². The minimum absolute atomic E-state index is 0.173. The molecular formula is C16H22FN3O3. The van der Waals surface area contributed by atoms with Crippen molar-refractivity contribution in [1.29, 1.82) is 0 Å². The maximum absolute atomic E-state index is 13.4. The predicted molar refractivity (Wildman–Crippen MR) is 83.7 cm³/mol. The van der Waals surface area contributed by atoms with E-state index in [-0.39, 0.29) is 5.91 Å². The molecule has 0 aromatic heterocycles. The van der Waals surface area contributed by atoms with Gasteiger partial charge in [-0.25, -0.2) is 9.18 Å². The van der Waals surface area contributed by atoms with Crippen LogP contribution in [-0.2, 0) is 4.79 Å². The number of hydrogen-bond acceptors (Lipinski definition) is 3. The molecule has 1 fully saturated rings. The molecule has 0 radical (unpaired) electrons. The molecule has 2 unspecified atom stereocenters. The van der Waals surface area contributed by atoms with Gasteiger partial charge in [-0.15, -0.1) is 0 Å². The molecule has 1 aliphatic heterocycles. The van der Waals surface area contributed by atoms with Gasteiger partial charge in [0.2, 0.25) is 5.91 Å². The largest absolute Gasteiger partial charge is 0.496 e. The third-order valence-corrected chi connectivity index (χ3v) is 3.85. The van der Waals surface area contributed by atoms with Gasteiger partial charge in [0.15, 0.2) is 0 Å². The predicted octanol–water partition coefficient (Wildman–Crippen LogP) is 1.86. The van der Waals surface area contributed by atoms with E-state index in [4.69, 9.17) is 4.74 Å². The average molecular weight is 323 g/mol. The highest BCUT2D eigenvalue weighted by Gasteiger charge is 2.23. The molecule has 2 rings (SSSR count). The van der Waals surface area contributed by atoms with Crippen molar-refractivity contribution in [1.82, 2.24) is 16.0 Å². The molecule has 3 N–H and O–H groups in total. The zero-order valence-electron chi connectivity index (χ0n) is 13.3. The van der Waals surface area contributed by atoms with Crippen LogP contribution in [0.5, 0.6) is 5.75 Å². The second kappa shape index (κ2) is 7.80. The van der Waals surface area contributed by atoms with Crippen molar-refractivity contribution in [3.05, 3.63) is 29.6 Å². The Morgan fingerprint density at radius 3 is 2.96 bits per heavy atom. The van der Waals surface area contributed by atoms with Gasteiger partial charge >= 0.3 is 6.03 Å². The van der Waals surface area contributed by atoms with Crippen molar-refractivity contribution < 1.29 is 18.7 Å². The maximum atomic E-state index is 13.4. The van der Waals surface area contributed by atoms with Crippen molar-refractivity contribution in [2.45, 2.75) is 38.3 Å². The second-order valence-corrected chi connectivity index (χ2v) is 5.57. The molecule has 1 saturated heterocycles. The molecule has 0 bridgehead atoms. The van der Waals surface area contributed by atoms with Crippen LogP contribution in [0.2, 0.25) is 0 Å². The third kappa shape index (κ3) is 4.58. The van der Waals surface area contributed by atoms with Crippen molar-refractivity contribution >= 4 is 11.9 Å². The van der Waals surface area contributed by atoms with E-state index >= 15 is 0 Å². The molecule has 1 aromatic carbocycles. The van der Waals surface area contributed by atoms with Gasteiger partial charge < -0.3 is 20.7 Å². The fraction of sp³-hybridized carbons (Fsp3) is 0.500. The van der Waals surface area contributed by atoms with Gasteiger partial charge in [-0.2, -0.15) is 0 Å². The normalized spacial score (nSPS) is 19.3. The van der Waals surface area contributed by atoms with Crippen LogP contribution in [0, 0.1) is 5.82 Å². The van der Waals surface area contributed by atoms with Crippen LogP contribution in [0.25, 0.3) is 0 Å². The Hall–Kier alpha value is -2.31. The van der Waals surface area contributed by atoms with Crippen LogP contribution in [0.1, 0.15) is 37.8 Å². The number of rotatable bonds is 4. The van der Waals surface area contributed by atoms with Crippen molar-refractivity contribution in [3.8, 4) is 5.75 Å². The molecule has 1 aliphatic rings. The maximum Gasteiger partial charge on any atom is 0.315 e. The minimum Gasteiger partial charge on any atom is -0.496 e. The van der Waals surface area contributed by atoms with Gasteiger partial charge in [0.25, 0.3) is 0 Å². The highest BCUT2D eigenvalue weighted by atomic mass is 19.1. The van der Waals surface area contributed by atoms with E-state index < -0.39 is 23.9 Å². The van der Waals surface area contributed by atoms with Crippen LogP contribution in [0.4, 0.5) is 9.18 Å². The molecule has 2 atom stereocenters. The number of amides is 3. The Morgan fingerprint density at radius 1 is 1.43 bits per heavy atom. The third-order valence-electron chi connectivity index (χ3n) is 3.85. The van der Waals surface area contributed by atoms with E-state index in [1.54, 1.807) is 6.92 Å². The fourth-order valence-electron chi connectivity index (χ4n) is 2.59. The van der Waals surface area contributed by atoms with Crippen LogP contribution in [0.15, 0.2) is 18.2 Å². The first-order chi connectivity index (χ1) is 11.0. The summed E-state index contributed by atoms with van der Waals surface area (Å²) >= 11 is 0. The Bertz CT molecular complexity index is 580. The molecule has 1 aromatic rings. The summed E-state index contributed by atoms with van der Waals surface area (Å²) < 4.78 is 18.6. The molecule has 6 nitrogen and oxygen atoms in total. The molecule has 23 heavy (non-hydrogen) atoms. The Labute approximate surface area is 134 Å². The first-order valence-corrected chi connectivity index (χ1v) is 7.69. The summed E-state index contributed by atoms with van der Waals surface area (Å²) in [4.78, 5) is 23.9. The first-order valence-electron chi connectivity index (χ1n) is 7.69. The summed E-state index contributed by atoms with van der Waals surface area (Å²) in [5.74, 6) is -0.0851. The number of methoxy groups -OCH3 is 1. The molecular weight excluding hydrogens is 301 g/mol. The van der Waals surface area contributed by atoms with Gasteiger partial charge in [-0.3, -0.25) is 4.79 Å². The Morgan fingerprint density at radius 2 is 2.22 bits per heavy atom. The van der Waals surface area contributed by atoms with E-state index in [2.05, 4.69) is 16.0 Å². The van der Waals surface area contributed by atoms with Gasteiger partial charge in [-0.1, -0.05) is 0 Å². The lowest BCUT2D eigenvalue weighted by atomic mass is 10.1. The lowest BCUT2D eigenvalue weighted by molar-refractivity contribution is -0.122. The number of ether oxygens (including phenoxy) is 1. The monoisotopic (exact) mass is 323 g/mol. The quantitative estimate of drug-likeness (QED) is 0.791. The summed E-state index contributed by atoms with van der Waals surface area (Å²) in [6.45, 7) is 2.36. The van der Waals surface area contributed by atoms with Crippen molar-refractivity contribution in [2.75, 3.05) is 13.7 Å². The SMILES string of the molecule is COc1ccc(F)cc1C(C)NC(=O)NC1CCCCNC1=O. The molecule has 1 heterocycles. The lowest BCUT2D eigenvalue weighted by Crippen LogP contribution is -2.49. The number of carbonyl (C=O) groups is 2. The number of nitrogens with one attached hydrogen (secondary N) is 3. The number of halogens is 1. The van der Waals surface area contributed by atoms with Gasteiger partial charge in [0.05, 0.1) is 13.2 Å². The topological polar surface area (TPSA) is 79.5 Å². The Kier molecular flexibility index (Phi) is 5.78. The minimum atomic E-state index is -0.542. The lowest BCUT2D eigenvalue weighted by Gasteiger charge is -2.20. The van der Waals surface area contributed by atoms with E-state index in [1.165, 1.54) is 25.3 Å². The van der Waals surface area contributed by atoms with Gasteiger partial charge in [0.1, 0.15) is 17.6 Å². The van der Waals surface area contributed by atoms with Crippen LogP contribution >= 0.6 is 0 Å². The van der Waals surface area contributed by atoms with E-state index in [0.717, 1.165) is 12.8 Å². The molecule has 0 spiro atoms. The highest BCUT2D eigenvalue weighted by molar-refractivity contribution is 5.87. The number of hydrogen-bond donors (Lipinski definition) is 3. The van der Waals surface area contributed by atoms with Crippen molar-refractivity contribution in [3.63, 3.8) is 0 Å². The van der Waals surface area contributed by atoms with Crippen LogP contribution in [-0.4, -0.2) is 31.6 Å². The summed E-state index contributed by atoms with van der Waals surface area (Å²) in [6, 6.07) is 2.66. The smallest absolute Gasteiger partial charge is 0.315 e. The van der Waals surface area contributed by atoms with Crippen LogP contribution in [0.3, 0.4) is 0 Å². The molecule has 126 valence electrons. The number of benzene rings is 1. The van der Waals surface area contributed by atoms with E-state index in [1.807, 2.05) is 0 Å². The molecule has 0 saturated carbocycles. The van der Waals surface area contributed by atoms with Crippen LogP contribution < -0.4 is 20.7 Å². The summed E-state index contributed by atoms with van der Waals surface area (Å²) in [7, 11) is 1.49. The second-order valence-electron chi connectivity index (χ2n) is 5.57. The summed E-state index contributed by atoms with van der Waals surface area (Å²) in [6.07, 6.45) is 2.39. The standard InChI is InChI=1S/C16H22FN3O3/c1-10(12-9-11(17)6-7-14(12)23-2)19-16(22)20-13-5-3-4-8-18-15(13)21/h6-7,9-10,13H,3-5,8H2,1-2H3,(H,18,21)(H2,19,20,22). The van der Waals surface area contributed by atoms with Gasteiger partial charge in [-0.05, 0) is 44.4 Å². The number of urea groups is 1. The summed E-state index contributed by atoms with van der Waals surface area (Å²) in [5.41, 5.74) is 0.535.